The second kappa shape index (κ2) is 2.82. The molecule has 1 aromatic carbocycles. The summed E-state index contributed by atoms with van der Waals surface area (Å²) >= 11 is 0. The highest BCUT2D eigenvalue weighted by atomic mass is 16.5. The van der Waals surface area contributed by atoms with Crippen LogP contribution >= 0.6 is 0 Å². The summed E-state index contributed by atoms with van der Waals surface area (Å²) in [7, 11) is 1.72. The smallest absolute Gasteiger partial charge is 0.0841 e. The Morgan fingerprint density at radius 2 is 1.92 bits per heavy atom. The summed E-state index contributed by atoms with van der Waals surface area (Å²) < 4.78 is 5.32. The van der Waals surface area contributed by atoms with E-state index in [1.165, 1.54) is 5.56 Å². The minimum Gasteiger partial charge on any atom is -0.379 e. The Bertz CT molecular complexity index is 298. The second-order valence-electron chi connectivity index (χ2n) is 3.83. The minimum atomic E-state index is 0.0238. The van der Waals surface area contributed by atoms with Crippen molar-refractivity contribution in [1.29, 1.82) is 0 Å². The summed E-state index contributed by atoms with van der Waals surface area (Å²) in [5.41, 5.74) is 7.26. The van der Waals surface area contributed by atoms with Crippen molar-refractivity contribution in [1.82, 2.24) is 0 Å². The number of hydrogen-bond acceptors (Lipinski definition) is 2. The Balaban J connectivity index is 2.29. The molecular weight excluding hydrogens is 162 g/mol. The van der Waals surface area contributed by atoms with Crippen molar-refractivity contribution < 1.29 is 4.74 Å². The Hall–Kier alpha value is -0.860. The lowest BCUT2D eigenvalue weighted by Crippen LogP contribution is -2.14. The maximum Gasteiger partial charge on any atom is 0.0841 e. The molecule has 1 saturated carbocycles. The van der Waals surface area contributed by atoms with Crippen LogP contribution < -0.4 is 5.73 Å². The molecule has 2 nitrogen and oxygen atoms in total. The van der Waals surface area contributed by atoms with Crippen molar-refractivity contribution >= 4 is 0 Å². The van der Waals surface area contributed by atoms with E-state index in [1.807, 2.05) is 18.2 Å². The summed E-state index contributed by atoms with van der Waals surface area (Å²) in [6.07, 6.45) is 0.176. The number of benzene rings is 1. The van der Waals surface area contributed by atoms with Crippen molar-refractivity contribution in [3.05, 3.63) is 35.9 Å². The van der Waals surface area contributed by atoms with E-state index in [-0.39, 0.29) is 17.6 Å². The first-order chi connectivity index (χ1) is 6.21. The predicted molar refractivity (Wildman–Crippen MR) is 52.6 cm³/mol. The Morgan fingerprint density at radius 1 is 1.31 bits per heavy atom. The van der Waals surface area contributed by atoms with Gasteiger partial charge >= 0.3 is 0 Å². The largest absolute Gasteiger partial charge is 0.379 e. The fourth-order valence-electron chi connectivity index (χ4n) is 2.05. The van der Waals surface area contributed by atoms with Crippen molar-refractivity contribution in [3.8, 4) is 0 Å². The van der Waals surface area contributed by atoms with Crippen molar-refractivity contribution in [3.63, 3.8) is 0 Å². The van der Waals surface area contributed by atoms with Crippen LogP contribution in [-0.4, -0.2) is 19.3 Å². The fourth-order valence-corrected chi connectivity index (χ4v) is 2.05. The van der Waals surface area contributed by atoms with Crippen molar-refractivity contribution in [2.75, 3.05) is 7.11 Å². The van der Waals surface area contributed by atoms with Gasteiger partial charge in [0, 0.05) is 18.6 Å². The molecule has 2 N–H and O–H groups in total. The summed E-state index contributed by atoms with van der Waals surface area (Å²) in [5, 5.41) is 0. The van der Waals surface area contributed by atoms with E-state index < -0.39 is 0 Å². The van der Waals surface area contributed by atoms with Crippen LogP contribution in [0.2, 0.25) is 0 Å². The molecule has 1 aliphatic rings. The van der Waals surface area contributed by atoms with Gasteiger partial charge in [0.25, 0.3) is 0 Å². The molecule has 0 saturated heterocycles. The monoisotopic (exact) mass is 177 g/mol. The molecule has 2 rings (SSSR count). The number of hydrogen-bond donors (Lipinski definition) is 1. The number of nitrogens with two attached hydrogens (primary N) is 1. The molecule has 1 aromatic rings. The Morgan fingerprint density at radius 3 is 2.38 bits per heavy atom. The van der Waals surface area contributed by atoms with Crippen LogP contribution in [0.5, 0.6) is 0 Å². The molecule has 2 heteroatoms. The SMILES string of the molecule is CO[C@@H]1[C@H](N)[C@]1(C)c1ccccc1. The molecule has 13 heavy (non-hydrogen) atoms. The van der Waals surface area contributed by atoms with Gasteiger partial charge in [0.15, 0.2) is 0 Å². The molecule has 0 aromatic heterocycles. The summed E-state index contributed by atoms with van der Waals surface area (Å²) in [4.78, 5) is 0. The first-order valence-electron chi connectivity index (χ1n) is 4.55. The summed E-state index contributed by atoms with van der Waals surface area (Å²) in [6, 6.07) is 10.5. The highest BCUT2D eigenvalue weighted by molar-refractivity contribution is 5.39. The highest BCUT2D eigenvalue weighted by Crippen LogP contribution is 2.48. The van der Waals surface area contributed by atoms with E-state index in [2.05, 4.69) is 19.1 Å². The van der Waals surface area contributed by atoms with Gasteiger partial charge in [-0.2, -0.15) is 0 Å². The average molecular weight is 177 g/mol. The van der Waals surface area contributed by atoms with Gasteiger partial charge in [0.1, 0.15) is 0 Å². The summed E-state index contributed by atoms with van der Waals surface area (Å²) in [6.45, 7) is 2.15. The van der Waals surface area contributed by atoms with Crippen LogP contribution in [0.3, 0.4) is 0 Å². The molecule has 0 bridgehead atoms. The third-order valence-electron chi connectivity index (χ3n) is 3.15. The zero-order chi connectivity index (χ0) is 9.47. The molecule has 0 unspecified atom stereocenters. The first-order valence-corrected chi connectivity index (χ1v) is 4.55. The Labute approximate surface area is 78.7 Å². The van der Waals surface area contributed by atoms with Gasteiger partial charge in [-0.1, -0.05) is 37.3 Å². The predicted octanol–water partition coefficient (Wildman–Crippen LogP) is 1.30. The molecule has 0 amide bonds. The van der Waals surface area contributed by atoms with Gasteiger partial charge in [0.2, 0.25) is 0 Å². The molecule has 3 atom stereocenters. The van der Waals surface area contributed by atoms with Gasteiger partial charge in [-0.15, -0.1) is 0 Å². The van der Waals surface area contributed by atoms with Gasteiger partial charge in [-0.05, 0) is 5.56 Å². The lowest BCUT2D eigenvalue weighted by Gasteiger charge is -2.10. The van der Waals surface area contributed by atoms with Crippen LogP contribution in [0, 0.1) is 0 Å². The van der Waals surface area contributed by atoms with Crippen LogP contribution in [0.1, 0.15) is 12.5 Å². The topological polar surface area (TPSA) is 35.2 Å². The number of rotatable bonds is 2. The molecule has 0 heterocycles. The van der Waals surface area contributed by atoms with Gasteiger partial charge in [0.05, 0.1) is 6.10 Å². The van der Waals surface area contributed by atoms with Crippen molar-refractivity contribution in [2.45, 2.75) is 24.5 Å². The van der Waals surface area contributed by atoms with Crippen LogP contribution in [-0.2, 0) is 10.2 Å². The second-order valence-corrected chi connectivity index (χ2v) is 3.83. The number of ether oxygens (including phenoxy) is 1. The maximum atomic E-state index is 5.96. The highest BCUT2D eigenvalue weighted by Gasteiger charge is 2.61. The van der Waals surface area contributed by atoms with E-state index in [9.17, 15) is 0 Å². The van der Waals surface area contributed by atoms with E-state index in [0.717, 1.165) is 0 Å². The molecule has 0 spiro atoms. The Kier molecular flexibility index (Phi) is 1.90. The quantitative estimate of drug-likeness (QED) is 0.739. The fraction of sp³-hybridized carbons (Fsp3) is 0.455. The van der Waals surface area contributed by atoms with Crippen molar-refractivity contribution in [2.24, 2.45) is 5.73 Å². The van der Waals surface area contributed by atoms with Crippen LogP contribution in [0.15, 0.2) is 30.3 Å². The molecule has 0 radical (unpaired) electrons. The third kappa shape index (κ3) is 1.10. The maximum absolute atomic E-state index is 5.96. The average Bonchev–Trinajstić information content (AvgIpc) is 2.72. The molecule has 70 valence electrons. The van der Waals surface area contributed by atoms with Gasteiger partial charge < -0.3 is 10.5 Å². The van der Waals surface area contributed by atoms with E-state index in [4.69, 9.17) is 10.5 Å². The zero-order valence-corrected chi connectivity index (χ0v) is 8.03. The molecule has 1 aliphatic carbocycles. The van der Waals surface area contributed by atoms with Gasteiger partial charge in [-0.3, -0.25) is 0 Å². The van der Waals surface area contributed by atoms with Crippen LogP contribution in [0.25, 0.3) is 0 Å². The first kappa shape index (κ1) is 8.73. The molecule has 1 fully saturated rings. The van der Waals surface area contributed by atoms with E-state index in [1.54, 1.807) is 7.11 Å². The lowest BCUT2D eigenvalue weighted by molar-refractivity contribution is 0.162. The number of methoxy groups -OCH3 is 1. The standard InChI is InChI=1S/C11H15NO/c1-11(9(12)10(11)13-2)8-6-4-3-5-7-8/h3-7,9-10H,12H2,1-2H3/t9-,10+,11-/m0/s1. The third-order valence-corrected chi connectivity index (χ3v) is 3.15. The zero-order valence-electron chi connectivity index (χ0n) is 8.03. The van der Waals surface area contributed by atoms with Crippen LogP contribution in [0.4, 0.5) is 0 Å². The minimum absolute atomic E-state index is 0.0238. The normalized spacial score (nSPS) is 37.5. The van der Waals surface area contributed by atoms with E-state index >= 15 is 0 Å². The lowest BCUT2D eigenvalue weighted by atomic mass is 9.97. The van der Waals surface area contributed by atoms with E-state index in [0.29, 0.717) is 0 Å². The molecule has 0 aliphatic heterocycles. The molecular formula is C11H15NO. The summed E-state index contributed by atoms with van der Waals surface area (Å²) in [5.74, 6) is 0. The van der Waals surface area contributed by atoms with Gasteiger partial charge in [-0.25, -0.2) is 0 Å².